The quantitative estimate of drug-likeness (QED) is 0.630. The second-order valence-corrected chi connectivity index (χ2v) is 6.32. The lowest BCUT2D eigenvalue weighted by molar-refractivity contribution is -0.384. The molecule has 1 heterocycles. The minimum Gasteiger partial charge on any atom is -0.336 e. The lowest BCUT2D eigenvalue weighted by Crippen LogP contribution is -2.49. The van der Waals surface area contributed by atoms with Gasteiger partial charge < -0.3 is 4.90 Å². The summed E-state index contributed by atoms with van der Waals surface area (Å²) in [5.41, 5.74) is 0.216. The number of halogens is 1. The highest BCUT2D eigenvalue weighted by atomic mass is 35.5. The van der Waals surface area contributed by atoms with Crippen LogP contribution in [0.25, 0.3) is 0 Å². The van der Waals surface area contributed by atoms with Crippen LogP contribution in [-0.2, 0) is 0 Å². The Hall–Kier alpha value is -1.66. The minimum atomic E-state index is -0.523. The number of nitro groups is 1. The molecule has 22 heavy (non-hydrogen) atoms. The number of nitrogens with zero attached hydrogens (tertiary/aromatic N) is 3. The van der Waals surface area contributed by atoms with Gasteiger partial charge in [0.05, 0.1) is 15.5 Å². The maximum Gasteiger partial charge on any atom is 0.270 e. The number of non-ortho nitro benzene ring substituents is 1. The Morgan fingerprint density at radius 2 is 1.95 bits per heavy atom. The first-order valence-corrected chi connectivity index (χ1v) is 7.72. The molecule has 0 spiro atoms. The molecular formula is C15H20ClN3O3. The number of carbonyl (C=O) groups excluding carboxylic acids is 1. The largest absolute Gasteiger partial charge is 0.336 e. The van der Waals surface area contributed by atoms with E-state index in [0.717, 1.165) is 19.6 Å². The monoisotopic (exact) mass is 325 g/mol. The highest BCUT2D eigenvalue weighted by Crippen LogP contribution is 2.24. The van der Waals surface area contributed by atoms with Gasteiger partial charge in [-0.25, -0.2) is 0 Å². The van der Waals surface area contributed by atoms with Crippen molar-refractivity contribution in [2.24, 2.45) is 5.92 Å². The zero-order valence-corrected chi connectivity index (χ0v) is 13.5. The van der Waals surface area contributed by atoms with Gasteiger partial charge in [0.15, 0.2) is 0 Å². The van der Waals surface area contributed by atoms with Crippen LogP contribution in [-0.4, -0.2) is 53.4 Å². The topological polar surface area (TPSA) is 66.7 Å². The molecular weight excluding hydrogens is 306 g/mol. The molecule has 1 aliphatic rings. The Bertz CT molecular complexity index is 569. The van der Waals surface area contributed by atoms with Crippen molar-refractivity contribution in [1.82, 2.24) is 9.80 Å². The van der Waals surface area contributed by atoms with Crippen LogP contribution in [0.15, 0.2) is 18.2 Å². The molecule has 0 unspecified atom stereocenters. The molecule has 7 heteroatoms. The molecule has 0 aromatic heterocycles. The molecule has 1 fully saturated rings. The van der Waals surface area contributed by atoms with Gasteiger partial charge in [0.1, 0.15) is 0 Å². The molecule has 0 saturated carbocycles. The number of rotatable bonds is 4. The van der Waals surface area contributed by atoms with Gasteiger partial charge in [-0.3, -0.25) is 19.8 Å². The summed E-state index contributed by atoms with van der Waals surface area (Å²) in [6.45, 7) is 8.36. The van der Waals surface area contributed by atoms with Crippen LogP contribution in [0, 0.1) is 16.0 Å². The van der Waals surface area contributed by atoms with E-state index >= 15 is 0 Å². The first-order valence-electron chi connectivity index (χ1n) is 7.34. The zero-order chi connectivity index (χ0) is 16.3. The van der Waals surface area contributed by atoms with E-state index in [1.807, 2.05) is 0 Å². The van der Waals surface area contributed by atoms with Crippen LogP contribution in [0.1, 0.15) is 24.2 Å². The van der Waals surface area contributed by atoms with E-state index in [1.54, 1.807) is 4.90 Å². The van der Waals surface area contributed by atoms with Crippen molar-refractivity contribution in [2.75, 3.05) is 32.7 Å². The molecule has 0 radical (unpaired) electrons. The van der Waals surface area contributed by atoms with Crippen LogP contribution >= 0.6 is 11.6 Å². The Kier molecular flexibility index (Phi) is 5.37. The van der Waals surface area contributed by atoms with Crippen molar-refractivity contribution in [3.05, 3.63) is 38.9 Å². The third-order valence-corrected chi connectivity index (χ3v) is 3.99. The maximum absolute atomic E-state index is 12.5. The van der Waals surface area contributed by atoms with E-state index in [9.17, 15) is 14.9 Å². The van der Waals surface area contributed by atoms with Gasteiger partial charge in [0, 0.05) is 44.9 Å². The van der Waals surface area contributed by atoms with Gasteiger partial charge in [-0.2, -0.15) is 0 Å². The zero-order valence-electron chi connectivity index (χ0n) is 12.8. The van der Waals surface area contributed by atoms with E-state index in [1.165, 1.54) is 18.2 Å². The van der Waals surface area contributed by atoms with E-state index in [-0.39, 0.29) is 16.6 Å². The van der Waals surface area contributed by atoms with Gasteiger partial charge in [0.25, 0.3) is 11.6 Å². The molecule has 6 nitrogen and oxygen atoms in total. The van der Waals surface area contributed by atoms with Crippen LogP contribution in [0.2, 0.25) is 5.02 Å². The predicted octanol–water partition coefficient (Wildman–Crippen LogP) is 2.66. The number of nitro benzene ring substituents is 1. The Morgan fingerprint density at radius 3 is 2.45 bits per heavy atom. The van der Waals surface area contributed by atoms with E-state index < -0.39 is 4.92 Å². The Morgan fingerprint density at radius 1 is 1.32 bits per heavy atom. The molecule has 1 saturated heterocycles. The molecule has 2 rings (SSSR count). The standard InChI is InChI=1S/C15H20ClN3O3/c1-11(2)10-17-5-7-18(8-6-17)15(20)13-4-3-12(19(21)22)9-14(13)16/h3-4,9,11H,5-8,10H2,1-2H3. The fourth-order valence-corrected chi connectivity index (χ4v) is 2.87. The number of amides is 1. The molecule has 0 atom stereocenters. The van der Waals surface area contributed by atoms with Crippen molar-refractivity contribution >= 4 is 23.2 Å². The average Bonchev–Trinajstić information content (AvgIpc) is 2.46. The summed E-state index contributed by atoms with van der Waals surface area (Å²) in [6.07, 6.45) is 0. The summed E-state index contributed by atoms with van der Waals surface area (Å²) < 4.78 is 0. The SMILES string of the molecule is CC(C)CN1CCN(C(=O)c2ccc([N+](=O)[O-])cc2Cl)CC1. The molecule has 0 bridgehead atoms. The lowest BCUT2D eigenvalue weighted by atomic mass is 10.1. The van der Waals surface area contributed by atoms with Crippen molar-refractivity contribution in [3.8, 4) is 0 Å². The van der Waals surface area contributed by atoms with Gasteiger partial charge in [0.2, 0.25) is 0 Å². The molecule has 0 aliphatic carbocycles. The van der Waals surface area contributed by atoms with Gasteiger partial charge in [-0.1, -0.05) is 25.4 Å². The second-order valence-electron chi connectivity index (χ2n) is 5.91. The minimum absolute atomic E-state index is 0.108. The highest BCUT2D eigenvalue weighted by molar-refractivity contribution is 6.34. The third-order valence-electron chi connectivity index (χ3n) is 3.68. The number of piperazine rings is 1. The van der Waals surface area contributed by atoms with Crippen molar-refractivity contribution in [3.63, 3.8) is 0 Å². The third kappa shape index (κ3) is 3.96. The summed E-state index contributed by atoms with van der Waals surface area (Å²) in [6, 6.07) is 3.97. The summed E-state index contributed by atoms with van der Waals surface area (Å²) in [5, 5.41) is 10.8. The summed E-state index contributed by atoms with van der Waals surface area (Å²) in [4.78, 5) is 26.8. The van der Waals surface area contributed by atoms with Gasteiger partial charge in [-0.05, 0) is 12.0 Å². The highest BCUT2D eigenvalue weighted by Gasteiger charge is 2.24. The van der Waals surface area contributed by atoms with Crippen molar-refractivity contribution in [2.45, 2.75) is 13.8 Å². The molecule has 1 aromatic rings. The van der Waals surface area contributed by atoms with Crippen LogP contribution in [0.5, 0.6) is 0 Å². The van der Waals surface area contributed by atoms with Crippen molar-refractivity contribution in [1.29, 1.82) is 0 Å². The number of benzene rings is 1. The van der Waals surface area contributed by atoms with Crippen LogP contribution in [0.4, 0.5) is 5.69 Å². The summed E-state index contributed by atoms with van der Waals surface area (Å²) >= 11 is 6.02. The van der Waals surface area contributed by atoms with Crippen LogP contribution < -0.4 is 0 Å². The maximum atomic E-state index is 12.5. The van der Waals surface area contributed by atoms with Crippen LogP contribution in [0.3, 0.4) is 0 Å². The second kappa shape index (κ2) is 7.07. The fourth-order valence-electron chi connectivity index (χ4n) is 2.61. The van der Waals surface area contributed by atoms with E-state index in [0.29, 0.717) is 24.6 Å². The average molecular weight is 326 g/mol. The van der Waals surface area contributed by atoms with E-state index in [2.05, 4.69) is 18.7 Å². The first kappa shape index (κ1) is 16.7. The Labute approximate surface area is 134 Å². The first-order chi connectivity index (χ1) is 10.4. The Balaban J connectivity index is 2.02. The molecule has 1 amide bonds. The predicted molar refractivity (Wildman–Crippen MR) is 85.3 cm³/mol. The lowest BCUT2D eigenvalue weighted by Gasteiger charge is -2.35. The fraction of sp³-hybridized carbons (Fsp3) is 0.533. The summed E-state index contributed by atoms with van der Waals surface area (Å²) in [5.74, 6) is 0.440. The number of hydrogen-bond acceptors (Lipinski definition) is 4. The smallest absolute Gasteiger partial charge is 0.270 e. The summed E-state index contributed by atoms with van der Waals surface area (Å²) in [7, 11) is 0. The molecule has 1 aromatic carbocycles. The van der Waals surface area contributed by atoms with Crippen molar-refractivity contribution < 1.29 is 9.72 Å². The normalized spacial score (nSPS) is 16.1. The number of carbonyl (C=O) groups is 1. The number of hydrogen-bond donors (Lipinski definition) is 0. The van der Waals surface area contributed by atoms with E-state index in [4.69, 9.17) is 11.6 Å². The molecule has 1 aliphatic heterocycles. The van der Waals surface area contributed by atoms with Gasteiger partial charge in [-0.15, -0.1) is 0 Å². The molecule has 120 valence electrons. The van der Waals surface area contributed by atoms with Gasteiger partial charge >= 0.3 is 0 Å². The molecule has 0 N–H and O–H groups in total.